The zero-order valence-corrected chi connectivity index (χ0v) is 15.9. The van der Waals surface area contributed by atoms with Crippen LogP contribution in [0.2, 0.25) is 0 Å². The van der Waals surface area contributed by atoms with Gasteiger partial charge in [0.25, 0.3) is 0 Å². The molecule has 0 aromatic rings. The van der Waals surface area contributed by atoms with E-state index in [2.05, 4.69) is 36.7 Å². The summed E-state index contributed by atoms with van der Waals surface area (Å²) >= 11 is 3.25. The molecular formula is C18H33BrO2. The highest BCUT2D eigenvalue weighted by Crippen LogP contribution is 2.49. The number of carbonyl (C=O) groups excluding carboxylic acids is 1. The highest BCUT2D eigenvalue weighted by Gasteiger charge is 2.43. The van der Waals surface area contributed by atoms with Crippen LogP contribution in [-0.2, 0) is 4.79 Å². The zero-order valence-electron chi connectivity index (χ0n) is 14.4. The minimum absolute atomic E-state index is 0.348. The van der Waals surface area contributed by atoms with E-state index in [0.717, 1.165) is 18.8 Å². The summed E-state index contributed by atoms with van der Waals surface area (Å²) in [6, 6.07) is 0. The molecule has 1 saturated carbocycles. The average molecular weight is 361 g/mol. The third-order valence-corrected chi connectivity index (χ3v) is 5.78. The smallest absolute Gasteiger partial charge is 0.143 e. The van der Waals surface area contributed by atoms with Crippen molar-refractivity contribution < 1.29 is 9.90 Å². The Morgan fingerprint density at radius 2 is 1.90 bits per heavy atom. The molecule has 1 aliphatic carbocycles. The number of hydrogen-bond donors (Lipinski definition) is 1. The van der Waals surface area contributed by atoms with Crippen LogP contribution in [0.1, 0.15) is 66.7 Å². The van der Waals surface area contributed by atoms with Gasteiger partial charge in [-0.1, -0.05) is 49.5 Å². The molecule has 0 amide bonds. The first kappa shape index (κ1) is 19.2. The van der Waals surface area contributed by atoms with Crippen molar-refractivity contribution in [2.24, 2.45) is 29.6 Å². The van der Waals surface area contributed by atoms with E-state index >= 15 is 0 Å². The van der Waals surface area contributed by atoms with Crippen molar-refractivity contribution in [1.82, 2.24) is 0 Å². The maximum absolute atomic E-state index is 11.5. The molecule has 0 aromatic heterocycles. The topological polar surface area (TPSA) is 37.3 Å². The number of hydrogen-bond acceptors (Lipinski definition) is 2. The van der Waals surface area contributed by atoms with Gasteiger partial charge in [0, 0.05) is 6.42 Å². The van der Waals surface area contributed by atoms with E-state index in [1.165, 1.54) is 19.3 Å². The zero-order chi connectivity index (χ0) is 16.2. The molecule has 0 saturated heterocycles. The van der Waals surface area contributed by atoms with Gasteiger partial charge in [-0.05, 0) is 56.3 Å². The van der Waals surface area contributed by atoms with Crippen LogP contribution in [0.5, 0.6) is 0 Å². The Morgan fingerprint density at radius 3 is 2.43 bits per heavy atom. The van der Waals surface area contributed by atoms with Gasteiger partial charge < -0.3 is 5.11 Å². The maximum atomic E-state index is 11.5. The molecule has 1 fully saturated rings. The quantitative estimate of drug-likeness (QED) is 0.566. The van der Waals surface area contributed by atoms with Gasteiger partial charge in [0.1, 0.15) is 5.78 Å². The van der Waals surface area contributed by atoms with Crippen LogP contribution in [0, 0.1) is 29.6 Å². The molecule has 2 nitrogen and oxygen atoms in total. The van der Waals surface area contributed by atoms with Crippen LogP contribution in [0.15, 0.2) is 0 Å². The summed E-state index contributed by atoms with van der Waals surface area (Å²) in [6.07, 6.45) is 5.30. The molecule has 0 heterocycles. The van der Waals surface area contributed by atoms with Crippen molar-refractivity contribution in [3.63, 3.8) is 0 Å². The SMILES string of the molecule is C[C@H](CC[C@H](C)[C@@H](C)[C@@H]1C[C@@H]1CC(=O)CBr)CC(C)(C)O. The number of alkyl halides is 1. The lowest BCUT2D eigenvalue weighted by Gasteiger charge is -2.25. The average Bonchev–Trinajstić information content (AvgIpc) is 3.11. The Bertz CT molecular complexity index is 335. The van der Waals surface area contributed by atoms with Crippen LogP contribution in [0.4, 0.5) is 0 Å². The molecule has 1 rings (SSSR count). The highest BCUT2D eigenvalue weighted by atomic mass is 79.9. The Balaban J connectivity index is 2.26. The van der Waals surface area contributed by atoms with Gasteiger partial charge in [0.15, 0.2) is 0 Å². The summed E-state index contributed by atoms with van der Waals surface area (Å²) in [5.74, 6) is 3.75. The first-order valence-electron chi connectivity index (χ1n) is 8.44. The van der Waals surface area contributed by atoms with Crippen molar-refractivity contribution in [1.29, 1.82) is 0 Å². The van der Waals surface area contributed by atoms with Gasteiger partial charge in [-0.15, -0.1) is 0 Å². The van der Waals surface area contributed by atoms with E-state index < -0.39 is 5.60 Å². The molecule has 21 heavy (non-hydrogen) atoms. The monoisotopic (exact) mass is 360 g/mol. The summed E-state index contributed by atoms with van der Waals surface area (Å²) in [5.41, 5.74) is -0.550. The molecule has 1 aliphatic rings. The molecule has 5 atom stereocenters. The third-order valence-electron chi connectivity index (χ3n) is 5.15. The molecular weight excluding hydrogens is 328 g/mol. The van der Waals surface area contributed by atoms with E-state index in [4.69, 9.17) is 0 Å². The van der Waals surface area contributed by atoms with Crippen LogP contribution in [0.25, 0.3) is 0 Å². The number of rotatable bonds is 10. The first-order valence-corrected chi connectivity index (χ1v) is 9.56. The molecule has 1 N–H and O–H groups in total. The van der Waals surface area contributed by atoms with Crippen LogP contribution >= 0.6 is 15.9 Å². The van der Waals surface area contributed by atoms with Crippen LogP contribution < -0.4 is 0 Å². The van der Waals surface area contributed by atoms with Gasteiger partial charge in [-0.3, -0.25) is 4.79 Å². The van der Waals surface area contributed by atoms with Gasteiger partial charge in [0.05, 0.1) is 10.9 Å². The number of Topliss-reactive ketones (excluding diaryl/α,β-unsaturated/α-hetero) is 1. The van der Waals surface area contributed by atoms with E-state index in [1.807, 2.05) is 13.8 Å². The summed E-state index contributed by atoms with van der Waals surface area (Å²) in [5, 5.41) is 10.4. The van der Waals surface area contributed by atoms with Gasteiger partial charge in [-0.25, -0.2) is 0 Å². The van der Waals surface area contributed by atoms with E-state index in [9.17, 15) is 9.90 Å². The second kappa shape index (κ2) is 8.10. The van der Waals surface area contributed by atoms with E-state index in [1.54, 1.807) is 0 Å². The molecule has 0 bridgehead atoms. The van der Waals surface area contributed by atoms with E-state index in [0.29, 0.717) is 34.8 Å². The largest absolute Gasteiger partial charge is 0.390 e. The molecule has 0 aliphatic heterocycles. The number of ketones is 1. The fourth-order valence-electron chi connectivity index (χ4n) is 3.68. The van der Waals surface area contributed by atoms with Crippen molar-refractivity contribution in [2.75, 3.05) is 5.33 Å². The Morgan fingerprint density at radius 1 is 1.29 bits per heavy atom. The maximum Gasteiger partial charge on any atom is 0.143 e. The fraction of sp³-hybridized carbons (Fsp3) is 0.944. The van der Waals surface area contributed by atoms with Crippen molar-refractivity contribution in [3.05, 3.63) is 0 Å². The minimum atomic E-state index is -0.550. The molecule has 0 unspecified atom stereocenters. The first-order chi connectivity index (χ1) is 9.64. The lowest BCUT2D eigenvalue weighted by atomic mass is 9.83. The van der Waals surface area contributed by atoms with Crippen LogP contribution in [-0.4, -0.2) is 21.8 Å². The lowest BCUT2D eigenvalue weighted by Crippen LogP contribution is -2.22. The van der Waals surface area contributed by atoms with Gasteiger partial charge >= 0.3 is 0 Å². The fourth-order valence-corrected chi connectivity index (χ4v) is 3.91. The van der Waals surface area contributed by atoms with Crippen LogP contribution in [0.3, 0.4) is 0 Å². The normalized spacial score (nSPS) is 26.2. The van der Waals surface area contributed by atoms with Gasteiger partial charge in [-0.2, -0.15) is 0 Å². The predicted octanol–water partition coefficient (Wildman–Crippen LogP) is 4.83. The number of carbonyl (C=O) groups is 1. The second-order valence-corrected chi connectivity index (χ2v) is 8.63. The molecule has 3 heteroatoms. The number of halogens is 1. The third kappa shape index (κ3) is 7.27. The van der Waals surface area contributed by atoms with E-state index in [-0.39, 0.29) is 0 Å². The standard InChI is InChI=1S/C18H33BrO2/c1-12(10-18(4,5)21)6-7-13(2)14(3)17-9-15(17)8-16(20)11-19/h12-15,17,21H,6-11H2,1-5H3/t12-,13+,14-,15+,17+/m1/s1. The van der Waals surface area contributed by atoms with Crippen molar-refractivity contribution >= 4 is 21.7 Å². The Labute approximate surface area is 139 Å². The molecule has 124 valence electrons. The Kier molecular flexibility index (Phi) is 7.39. The summed E-state index contributed by atoms with van der Waals surface area (Å²) in [4.78, 5) is 11.5. The van der Waals surface area contributed by atoms with Crippen molar-refractivity contribution in [2.45, 2.75) is 72.3 Å². The second-order valence-electron chi connectivity index (χ2n) is 8.07. The summed E-state index contributed by atoms with van der Waals surface area (Å²) in [6.45, 7) is 10.7. The van der Waals surface area contributed by atoms with Gasteiger partial charge in [0.2, 0.25) is 0 Å². The highest BCUT2D eigenvalue weighted by molar-refractivity contribution is 9.09. The number of aliphatic hydroxyl groups is 1. The summed E-state index contributed by atoms with van der Waals surface area (Å²) < 4.78 is 0. The molecule has 0 radical (unpaired) electrons. The Hall–Kier alpha value is 0.110. The molecule has 0 spiro atoms. The van der Waals surface area contributed by atoms with Crippen molar-refractivity contribution in [3.8, 4) is 0 Å². The molecule has 0 aromatic carbocycles. The predicted molar refractivity (Wildman–Crippen MR) is 92.7 cm³/mol. The lowest BCUT2D eigenvalue weighted by molar-refractivity contribution is -0.116. The minimum Gasteiger partial charge on any atom is -0.390 e. The summed E-state index contributed by atoms with van der Waals surface area (Å²) in [7, 11) is 0.